The Balaban J connectivity index is 1.73. The van der Waals surface area contributed by atoms with Gasteiger partial charge in [-0.05, 0) is 55.0 Å². The quantitative estimate of drug-likeness (QED) is 0.609. The van der Waals surface area contributed by atoms with E-state index in [1.54, 1.807) is 36.4 Å². The number of hydrogen-bond acceptors (Lipinski definition) is 4. The van der Waals surface area contributed by atoms with Crippen molar-refractivity contribution in [3.05, 3.63) is 71.1 Å². The van der Waals surface area contributed by atoms with Crippen LogP contribution in [0, 0.1) is 11.6 Å². The predicted octanol–water partition coefficient (Wildman–Crippen LogP) is 5.13. The third-order valence-electron chi connectivity index (χ3n) is 3.60. The minimum absolute atomic E-state index is 0.130. The van der Waals surface area contributed by atoms with Crippen LogP contribution in [0.25, 0.3) is 0 Å². The summed E-state index contributed by atoms with van der Waals surface area (Å²) in [5.41, 5.74) is 1.06. The van der Waals surface area contributed by atoms with E-state index in [9.17, 15) is 17.2 Å². The van der Waals surface area contributed by atoms with Crippen molar-refractivity contribution in [1.82, 2.24) is 0 Å². The lowest BCUT2D eigenvalue weighted by atomic mass is 10.2. The van der Waals surface area contributed by atoms with Crippen molar-refractivity contribution < 1.29 is 17.2 Å². The number of aryl methyl sites for hydroxylation is 1. The molecule has 0 atom stereocenters. The van der Waals surface area contributed by atoms with E-state index in [1.807, 2.05) is 6.92 Å². The fourth-order valence-corrected chi connectivity index (χ4v) is 4.62. The fraction of sp³-hybridized carbons (Fsp3) is 0.111. The molecule has 0 aliphatic carbocycles. The van der Waals surface area contributed by atoms with Crippen LogP contribution < -0.4 is 10.0 Å². The summed E-state index contributed by atoms with van der Waals surface area (Å²) in [4.78, 5) is 0.992. The highest BCUT2D eigenvalue weighted by Crippen LogP contribution is 2.26. The molecule has 0 saturated heterocycles. The van der Waals surface area contributed by atoms with E-state index in [4.69, 9.17) is 0 Å². The number of hydrogen-bond donors (Lipinski definition) is 2. The van der Waals surface area contributed by atoms with E-state index in [0.29, 0.717) is 11.4 Å². The van der Waals surface area contributed by atoms with Crippen molar-refractivity contribution in [2.75, 3.05) is 10.0 Å². The molecule has 1 aromatic heterocycles. The van der Waals surface area contributed by atoms with Crippen LogP contribution in [0.4, 0.5) is 25.8 Å². The maximum atomic E-state index is 13.7. The van der Waals surface area contributed by atoms with E-state index in [-0.39, 0.29) is 9.90 Å². The van der Waals surface area contributed by atoms with Crippen LogP contribution in [-0.4, -0.2) is 8.42 Å². The lowest BCUT2D eigenvalue weighted by molar-refractivity contribution is 0.586. The largest absolute Gasteiger partial charge is 0.353 e. The number of nitrogens with one attached hydrogen (secondary N) is 2. The maximum Gasteiger partial charge on any atom is 0.271 e. The first-order valence-electron chi connectivity index (χ1n) is 7.81. The summed E-state index contributed by atoms with van der Waals surface area (Å²) in [6, 6.07) is 13.0. The Morgan fingerprint density at radius 1 is 0.962 bits per heavy atom. The third kappa shape index (κ3) is 4.20. The lowest BCUT2D eigenvalue weighted by Crippen LogP contribution is -2.11. The zero-order chi connectivity index (χ0) is 18.7. The first kappa shape index (κ1) is 18.3. The zero-order valence-corrected chi connectivity index (χ0v) is 15.4. The first-order chi connectivity index (χ1) is 12.4. The third-order valence-corrected chi connectivity index (χ3v) is 6.70. The molecule has 0 aliphatic rings. The van der Waals surface area contributed by atoms with Gasteiger partial charge in [0.25, 0.3) is 10.0 Å². The van der Waals surface area contributed by atoms with Crippen LogP contribution in [0.5, 0.6) is 0 Å². The monoisotopic (exact) mass is 394 g/mol. The minimum Gasteiger partial charge on any atom is -0.353 e. The standard InChI is InChI=1S/C18H16F2N2O2S2/c1-2-15-8-10-18(25-15)26(23,24)22-14-6-4-13(5-7-14)21-17-9-3-12(19)11-16(17)20/h3-11,21-22H,2H2,1H3. The van der Waals surface area contributed by atoms with Gasteiger partial charge in [0.15, 0.2) is 0 Å². The summed E-state index contributed by atoms with van der Waals surface area (Å²) in [6.07, 6.45) is 0.778. The highest BCUT2D eigenvalue weighted by atomic mass is 32.2. The van der Waals surface area contributed by atoms with Gasteiger partial charge < -0.3 is 5.32 Å². The van der Waals surface area contributed by atoms with Crippen molar-refractivity contribution in [2.24, 2.45) is 0 Å². The van der Waals surface area contributed by atoms with Gasteiger partial charge >= 0.3 is 0 Å². The molecule has 8 heteroatoms. The topological polar surface area (TPSA) is 58.2 Å². The molecular weight excluding hydrogens is 378 g/mol. The molecule has 0 bridgehead atoms. The molecule has 2 N–H and O–H groups in total. The Bertz CT molecular complexity index is 1020. The first-order valence-corrected chi connectivity index (χ1v) is 10.1. The summed E-state index contributed by atoms with van der Waals surface area (Å²) in [5.74, 6) is -1.36. The molecule has 2 aromatic carbocycles. The predicted molar refractivity (Wildman–Crippen MR) is 101 cm³/mol. The van der Waals surface area contributed by atoms with Gasteiger partial charge in [-0.15, -0.1) is 11.3 Å². The number of halogens is 2. The minimum atomic E-state index is -3.64. The molecule has 0 saturated carbocycles. The summed E-state index contributed by atoms with van der Waals surface area (Å²) in [6.45, 7) is 1.96. The number of anilines is 3. The summed E-state index contributed by atoms with van der Waals surface area (Å²) in [7, 11) is -3.64. The molecule has 136 valence electrons. The van der Waals surface area contributed by atoms with Crippen LogP contribution in [0.3, 0.4) is 0 Å². The average Bonchev–Trinajstić information content (AvgIpc) is 3.09. The van der Waals surface area contributed by atoms with Crippen molar-refractivity contribution in [1.29, 1.82) is 0 Å². The van der Waals surface area contributed by atoms with Gasteiger partial charge in [-0.3, -0.25) is 4.72 Å². The van der Waals surface area contributed by atoms with Crippen molar-refractivity contribution in [3.8, 4) is 0 Å². The Hall–Kier alpha value is -2.45. The number of sulfonamides is 1. The lowest BCUT2D eigenvalue weighted by Gasteiger charge is -2.10. The Morgan fingerprint density at radius 3 is 2.27 bits per heavy atom. The number of thiophene rings is 1. The second kappa shape index (κ2) is 7.43. The molecule has 26 heavy (non-hydrogen) atoms. The molecular formula is C18H16F2N2O2S2. The van der Waals surface area contributed by atoms with E-state index in [1.165, 1.54) is 17.4 Å². The summed E-state index contributed by atoms with van der Waals surface area (Å²) < 4.78 is 54.1. The van der Waals surface area contributed by atoms with E-state index in [2.05, 4.69) is 10.0 Å². The van der Waals surface area contributed by atoms with Gasteiger partial charge in [0, 0.05) is 22.3 Å². The highest BCUT2D eigenvalue weighted by Gasteiger charge is 2.16. The second-order valence-electron chi connectivity index (χ2n) is 5.51. The van der Waals surface area contributed by atoms with Gasteiger partial charge in [-0.1, -0.05) is 6.92 Å². The molecule has 0 amide bonds. The fourth-order valence-electron chi connectivity index (χ4n) is 2.27. The smallest absolute Gasteiger partial charge is 0.271 e. The molecule has 4 nitrogen and oxygen atoms in total. The van der Waals surface area contributed by atoms with Crippen molar-refractivity contribution >= 4 is 38.4 Å². The normalized spacial score (nSPS) is 11.3. The van der Waals surface area contributed by atoms with Gasteiger partial charge in [-0.2, -0.15) is 0 Å². The molecule has 0 aliphatic heterocycles. The molecule has 0 fully saturated rings. The van der Waals surface area contributed by atoms with Crippen LogP contribution in [0.15, 0.2) is 58.8 Å². The van der Waals surface area contributed by atoms with E-state index >= 15 is 0 Å². The van der Waals surface area contributed by atoms with E-state index < -0.39 is 21.7 Å². The van der Waals surface area contributed by atoms with E-state index in [0.717, 1.165) is 23.4 Å². The number of rotatable bonds is 6. The maximum absolute atomic E-state index is 13.7. The Morgan fingerprint density at radius 2 is 1.65 bits per heavy atom. The van der Waals surface area contributed by atoms with Crippen LogP contribution in [0.1, 0.15) is 11.8 Å². The van der Waals surface area contributed by atoms with Crippen molar-refractivity contribution in [2.45, 2.75) is 17.6 Å². The summed E-state index contributed by atoms with van der Waals surface area (Å²) in [5, 5.41) is 2.82. The Labute approximate surface area is 154 Å². The van der Waals surface area contributed by atoms with Gasteiger partial charge in [-0.25, -0.2) is 17.2 Å². The average molecular weight is 394 g/mol. The van der Waals surface area contributed by atoms with Gasteiger partial charge in [0.1, 0.15) is 15.8 Å². The molecule has 0 unspecified atom stereocenters. The summed E-state index contributed by atoms with van der Waals surface area (Å²) >= 11 is 1.23. The van der Waals surface area contributed by atoms with Crippen molar-refractivity contribution in [3.63, 3.8) is 0 Å². The van der Waals surface area contributed by atoms with Gasteiger partial charge in [0.2, 0.25) is 0 Å². The van der Waals surface area contributed by atoms with Gasteiger partial charge in [0.05, 0.1) is 5.69 Å². The SMILES string of the molecule is CCc1ccc(S(=O)(=O)Nc2ccc(Nc3ccc(F)cc3F)cc2)s1. The Kier molecular flexibility index (Phi) is 5.24. The number of benzene rings is 2. The highest BCUT2D eigenvalue weighted by molar-refractivity contribution is 7.94. The molecule has 1 heterocycles. The second-order valence-corrected chi connectivity index (χ2v) is 8.58. The van der Waals surface area contributed by atoms with Crippen LogP contribution in [0.2, 0.25) is 0 Å². The molecule has 3 aromatic rings. The zero-order valence-electron chi connectivity index (χ0n) is 13.8. The van der Waals surface area contributed by atoms with Crippen LogP contribution in [-0.2, 0) is 16.4 Å². The molecule has 3 rings (SSSR count). The molecule has 0 radical (unpaired) electrons. The van der Waals surface area contributed by atoms with Crippen LogP contribution >= 0.6 is 11.3 Å². The molecule has 0 spiro atoms.